The number of aliphatic imine (C=N–C) groups is 1. The SMILES string of the molecule is Cc1sc2c(c1C)C(c1ccc(Cl)cc1)=N[C@@H](CC(=O)N1CCC(OCCNCc3cc(F)cc4c3ccn4Cc3ccc(F)cc3)CC1)c1nnc(C)n1-2. The van der Waals surface area contributed by atoms with Gasteiger partial charge in [-0.1, -0.05) is 35.9 Å². The Hall–Kier alpha value is -4.75. The molecule has 1 N–H and O–H groups in total. The molecule has 13 heteroatoms. The molecule has 0 saturated carbocycles. The second-order valence-corrected chi connectivity index (χ2v) is 15.9. The summed E-state index contributed by atoms with van der Waals surface area (Å²) in [7, 11) is 0. The zero-order chi connectivity index (χ0) is 38.2. The number of carbonyl (C=O) groups excluding carboxylic acids is 1. The molecule has 0 aliphatic carbocycles. The van der Waals surface area contributed by atoms with Crippen LogP contribution in [0.5, 0.6) is 0 Å². The van der Waals surface area contributed by atoms with Crippen LogP contribution in [0.15, 0.2) is 77.9 Å². The second-order valence-electron chi connectivity index (χ2n) is 14.3. The van der Waals surface area contributed by atoms with E-state index in [2.05, 4.69) is 33.9 Å². The molecule has 2 aliphatic rings. The van der Waals surface area contributed by atoms with Gasteiger partial charge in [0.2, 0.25) is 5.91 Å². The van der Waals surface area contributed by atoms with Crippen LogP contribution in [0.25, 0.3) is 15.9 Å². The highest BCUT2D eigenvalue weighted by atomic mass is 35.5. The number of likely N-dealkylation sites (tertiary alicyclic amines) is 1. The molecule has 1 fully saturated rings. The average molecular weight is 782 g/mol. The molecular weight excluding hydrogens is 740 g/mol. The van der Waals surface area contributed by atoms with E-state index in [4.69, 9.17) is 21.3 Å². The average Bonchev–Trinajstić information content (AvgIpc) is 3.82. The van der Waals surface area contributed by atoms with Gasteiger partial charge in [-0.15, -0.1) is 21.5 Å². The van der Waals surface area contributed by atoms with Crippen molar-refractivity contribution in [2.45, 2.75) is 65.3 Å². The standard InChI is InChI=1S/C42H42ClF2N7O2S/c1-25-26(2)55-42-39(25)40(29-6-8-31(43)9-7-29)47-36(41-49-48-27(3)52(41)42)22-38(53)50-16-12-34(13-17-50)54-19-15-46-23-30-20-33(45)21-37-35(30)14-18-51(37)24-28-4-10-32(44)11-5-28/h4-11,14,18,20-21,34,36,46H,12-13,15-17,19,22-24H2,1-3H3/t36-/m0/s1. The molecule has 0 unspecified atom stereocenters. The van der Waals surface area contributed by atoms with Crippen molar-refractivity contribution in [3.05, 3.63) is 134 Å². The fraction of sp³-hybridized carbons (Fsp3) is 0.333. The van der Waals surface area contributed by atoms with Crippen molar-refractivity contribution < 1.29 is 18.3 Å². The van der Waals surface area contributed by atoms with Gasteiger partial charge in [0, 0.05) is 65.3 Å². The summed E-state index contributed by atoms with van der Waals surface area (Å²) in [5.74, 6) is 0.883. The van der Waals surface area contributed by atoms with E-state index < -0.39 is 6.04 Å². The Morgan fingerprint density at radius 1 is 0.982 bits per heavy atom. The first kappa shape index (κ1) is 37.2. The number of amides is 1. The maximum absolute atomic E-state index is 14.7. The lowest BCUT2D eigenvalue weighted by atomic mass is 9.99. The number of ether oxygens (including phenoxy) is 1. The number of piperidine rings is 1. The van der Waals surface area contributed by atoms with Crippen molar-refractivity contribution in [1.29, 1.82) is 0 Å². The zero-order valence-electron chi connectivity index (χ0n) is 31.0. The lowest BCUT2D eigenvalue weighted by Crippen LogP contribution is -2.41. The van der Waals surface area contributed by atoms with Crippen molar-refractivity contribution in [1.82, 2.24) is 29.5 Å². The Morgan fingerprint density at radius 2 is 1.75 bits per heavy atom. The van der Waals surface area contributed by atoms with Crippen LogP contribution in [-0.4, -0.2) is 68.2 Å². The number of aryl methyl sites for hydroxylation is 2. The molecule has 9 nitrogen and oxygen atoms in total. The highest BCUT2D eigenvalue weighted by molar-refractivity contribution is 7.15. The van der Waals surface area contributed by atoms with Crippen LogP contribution < -0.4 is 5.32 Å². The predicted molar refractivity (Wildman–Crippen MR) is 213 cm³/mol. The third-order valence-electron chi connectivity index (χ3n) is 10.7. The monoisotopic (exact) mass is 781 g/mol. The van der Waals surface area contributed by atoms with Gasteiger partial charge < -0.3 is 19.5 Å². The Morgan fingerprint density at radius 3 is 2.51 bits per heavy atom. The fourth-order valence-corrected chi connectivity index (χ4v) is 8.96. The van der Waals surface area contributed by atoms with Crippen molar-refractivity contribution in [3.8, 4) is 5.00 Å². The van der Waals surface area contributed by atoms with Crippen LogP contribution in [-0.2, 0) is 22.6 Å². The number of rotatable bonds is 11. The van der Waals surface area contributed by atoms with Gasteiger partial charge in [0.25, 0.3) is 0 Å². The topological polar surface area (TPSA) is 89.6 Å². The lowest BCUT2D eigenvalue weighted by Gasteiger charge is -2.32. The van der Waals surface area contributed by atoms with E-state index in [-0.39, 0.29) is 30.1 Å². The van der Waals surface area contributed by atoms with E-state index in [0.717, 1.165) is 68.1 Å². The van der Waals surface area contributed by atoms with Gasteiger partial charge in [0.1, 0.15) is 28.5 Å². The summed E-state index contributed by atoms with van der Waals surface area (Å²) in [4.78, 5) is 22.2. The van der Waals surface area contributed by atoms with Crippen molar-refractivity contribution in [3.63, 3.8) is 0 Å². The normalized spacial score (nSPS) is 15.9. The number of benzene rings is 3. The summed E-state index contributed by atoms with van der Waals surface area (Å²) in [5, 5.41) is 15.0. The predicted octanol–water partition coefficient (Wildman–Crippen LogP) is 8.27. The number of fused-ring (bicyclic) bond motifs is 4. The third-order valence-corrected chi connectivity index (χ3v) is 12.1. The minimum Gasteiger partial charge on any atom is -0.377 e. The van der Waals surface area contributed by atoms with Gasteiger partial charge in [-0.3, -0.25) is 14.4 Å². The minimum absolute atomic E-state index is 0.0302. The molecule has 3 aromatic heterocycles. The third kappa shape index (κ3) is 7.73. The summed E-state index contributed by atoms with van der Waals surface area (Å²) in [6, 6.07) is 18.6. The molecule has 284 valence electrons. The van der Waals surface area contributed by atoms with E-state index >= 15 is 0 Å². The smallest absolute Gasteiger partial charge is 0.225 e. The molecule has 0 spiro atoms. The second kappa shape index (κ2) is 15.8. The molecule has 0 radical (unpaired) electrons. The maximum atomic E-state index is 14.7. The van der Waals surface area contributed by atoms with Gasteiger partial charge in [-0.2, -0.15) is 0 Å². The largest absolute Gasteiger partial charge is 0.377 e. The molecule has 5 heterocycles. The number of hydrogen-bond donors (Lipinski definition) is 1. The van der Waals surface area contributed by atoms with Crippen LogP contribution in [0.2, 0.25) is 5.02 Å². The molecule has 8 rings (SSSR count). The van der Waals surface area contributed by atoms with Crippen LogP contribution in [0.1, 0.15) is 69.6 Å². The Balaban J connectivity index is 0.863. The number of thiophene rings is 1. The van der Waals surface area contributed by atoms with Gasteiger partial charge in [0.05, 0.1) is 30.4 Å². The molecule has 1 atom stereocenters. The van der Waals surface area contributed by atoms with Crippen LogP contribution >= 0.6 is 22.9 Å². The van der Waals surface area contributed by atoms with E-state index in [0.29, 0.717) is 50.2 Å². The summed E-state index contributed by atoms with van der Waals surface area (Å²) < 4.78 is 38.3. The highest BCUT2D eigenvalue weighted by Gasteiger charge is 2.34. The van der Waals surface area contributed by atoms with Gasteiger partial charge in [-0.25, -0.2) is 8.78 Å². The maximum Gasteiger partial charge on any atom is 0.225 e. The Bertz CT molecular complexity index is 2380. The van der Waals surface area contributed by atoms with Crippen LogP contribution in [0.3, 0.4) is 0 Å². The number of nitrogens with zero attached hydrogens (tertiary/aromatic N) is 6. The van der Waals surface area contributed by atoms with E-state index in [1.807, 2.05) is 52.9 Å². The summed E-state index contributed by atoms with van der Waals surface area (Å²) >= 11 is 7.95. The molecular formula is C42H42ClF2N7O2S. The molecule has 0 bridgehead atoms. The first-order chi connectivity index (χ1) is 26.6. The minimum atomic E-state index is -0.508. The molecule has 55 heavy (non-hydrogen) atoms. The lowest BCUT2D eigenvalue weighted by molar-refractivity contribution is -0.134. The number of hydrogen-bond acceptors (Lipinski definition) is 7. The first-order valence-electron chi connectivity index (χ1n) is 18.6. The van der Waals surface area contributed by atoms with E-state index in [1.54, 1.807) is 35.6 Å². The molecule has 1 amide bonds. The van der Waals surface area contributed by atoms with Gasteiger partial charge in [-0.05, 0) is 92.8 Å². The molecule has 6 aromatic rings. The highest BCUT2D eigenvalue weighted by Crippen LogP contribution is 2.40. The summed E-state index contributed by atoms with van der Waals surface area (Å²) in [6.07, 6.45) is 3.65. The van der Waals surface area contributed by atoms with Crippen LogP contribution in [0.4, 0.5) is 8.78 Å². The van der Waals surface area contributed by atoms with E-state index in [9.17, 15) is 13.6 Å². The number of carbonyl (C=O) groups is 1. The quantitative estimate of drug-likeness (QED) is 0.134. The number of nitrogens with one attached hydrogen (secondary N) is 1. The number of halogens is 3. The molecule has 1 saturated heterocycles. The van der Waals surface area contributed by atoms with E-state index in [1.165, 1.54) is 17.0 Å². The van der Waals surface area contributed by atoms with Gasteiger partial charge in [0.15, 0.2) is 5.82 Å². The Labute approximate surface area is 327 Å². The van der Waals surface area contributed by atoms with Crippen molar-refractivity contribution in [2.75, 3.05) is 26.2 Å². The Kier molecular flexibility index (Phi) is 10.7. The number of aromatic nitrogens is 4. The van der Waals surface area contributed by atoms with Crippen molar-refractivity contribution >= 4 is 45.5 Å². The fourth-order valence-electron chi connectivity index (χ4n) is 7.62. The zero-order valence-corrected chi connectivity index (χ0v) is 32.6. The molecule has 2 aliphatic heterocycles. The summed E-state index contributed by atoms with van der Waals surface area (Å²) in [5.41, 5.74) is 6.57. The summed E-state index contributed by atoms with van der Waals surface area (Å²) in [6.45, 7) is 9.50. The first-order valence-corrected chi connectivity index (χ1v) is 19.8. The van der Waals surface area contributed by atoms with Crippen LogP contribution in [0, 0.1) is 32.4 Å². The van der Waals surface area contributed by atoms with Crippen molar-refractivity contribution in [2.24, 2.45) is 4.99 Å². The van der Waals surface area contributed by atoms with Gasteiger partial charge >= 0.3 is 0 Å². The molecule has 3 aromatic carbocycles.